The van der Waals surface area contributed by atoms with Gasteiger partial charge in [0.2, 0.25) is 10.0 Å². The van der Waals surface area contributed by atoms with E-state index in [2.05, 4.69) is 11.3 Å². The number of carboxylic acids is 2. The number of hydrogen-bond donors (Lipinski definition) is 8. The molecule has 46 heavy (non-hydrogen) atoms. The number of aliphatic carboxylic acids is 1. The Kier molecular flexibility index (Phi) is 10.5. The minimum Gasteiger partial charge on any atom is -0.506 e. The largest absolute Gasteiger partial charge is 0.506 e. The maximum Gasteiger partial charge on any atom is 0.335 e. The van der Waals surface area contributed by atoms with Crippen molar-refractivity contribution in [2.75, 3.05) is 18.0 Å². The summed E-state index contributed by atoms with van der Waals surface area (Å²) in [4.78, 5) is 22.1. The number of nitrogen functional groups attached to an aromatic ring is 1. The zero-order chi connectivity index (χ0) is 34.9. The van der Waals surface area contributed by atoms with Crippen LogP contribution in [0.5, 0.6) is 0 Å². The van der Waals surface area contributed by atoms with E-state index in [0.717, 1.165) is 18.2 Å². The molecule has 2 aromatic rings. The second kappa shape index (κ2) is 13.3. The summed E-state index contributed by atoms with van der Waals surface area (Å²) in [5.41, 5.74) is 10.3. The Balaban J connectivity index is 2.52. The number of carbonyl (C=O) groups is 2. The first-order valence-corrected chi connectivity index (χ1v) is 17.6. The van der Waals surface area contributed by atoms with Crippen molar-refractivity contribution in [2.24, 2.45) is 11.7 Å². The molecule has 2 aromatic carbocycles. The first-order chi connectivity index (χ1) is 21.1. The molecule has 0 bridgehead atoms. The number of rotatable bonds is 12. The molecule has 0 fully saturated rings. The maximum atomic E-state index is 13.4. The van der Waals surface area contributed by atoms with Crippen LogP contribution in [0.2, 0.25) is 0 Å². The van der Waals surface area contributed by atoms with Crippen LogP contribution in [0.4, 0.5) is 5.69 Å². The number of anilines is 1. The van der Waals surface area contributed by atoms with Gasteiger partial charge >= 0.3 is 11.9 Å². The molecule has 0 saturated carbocycles. The molecular weight excluding hydrogens is 671 g/mol. The standard InChI is InChI=1S/C27H31N3O13S3/c1-13-10-19(24(33)26(23(13)29)45(39,40)30-8-3-9-44(36,37)38)22(17-6-7-20(28)25(14(17)2)46(41,42)43)18-11-16(27(34)35)5-4-15(18)12-21(31)32/h4-7,10-11,13,23,30,33H,2-3,8-9,12,28-29H2,1H3,(H,31,32)(H,34,35)(H,36,37,38)(H,41,42,43)/b22-17-. The van der Waals surface area contributed by atoms with Crippen LogP contribution >= 0.6 is 0 Å². The Bertz CT molecular complexity index is 2120. The molecule has 10 N–H and O–H groups in total. The fourth-order valence-electron chi connectivity index (χ4n) is 4.90. The van der Waals surface area contributed by atoms with Crippen molar-refractivity contribution >= 4 is 60.0 Å². The van der Waals surface area contributed by atoms with Crippen molar-refractivity contribution in [3.05, 3.63) is 79.8 Å². The van der Waals surface area contributed by atoms with Crippen molar-refractivity contribution in [1.29, 1.82) is 0 Å². The van der Waals surface area contributed by atoms with Gasteiger partial charge in [0.25, 0.3) is 20.2 Å². The minimum atomic E-state index is -5.04. The van der Waals surface area contributed by atoms with Crippen LogP contribution in [0.3, 0.4) is 0 Å². The van der Waals surface area contributed by atoms with Gasteiger partial charge in [0.15, 0.2) is 0 Å². The highest BCUT2D eigenvalue weighted by Crippen LogP contribution is 2.37. The molecule has 2 atom stereocenters. The lowest BCUT2D eigenvalue weighted by Gasteiger charge is -2.29. The molecule has 0 radical (unpaired) electrons. The predicted molar refractivity (Wildman–Crippen MR) is 166 cm³/mol. The van der Waals surface area contributed by atoms with E-state index in [1.54, 1.807) is 0 Å². The summed E-state index contributed by atoms with van der Waals surface area (Å²) in [6.45, 7) is 4.67. The van der Waals surface area contributed by atoms with Gasteiger partial charge in [-0.3, -0.25) is 13.9 Å². The maximum absolute atomic E-state index is 13.4. The molecule has 0 aromatic heterocycles. The molecule has 0 spiro atoms. The van der Waals surface area contributed by atoms with Gasteiger partial charge in [0, 0.05) is 17.7 Å². The number of carboxylic acid groups (broad SMARTS) is 2. The third kappa shape index (κ3) is 7.99. The first-order valence-electron chi connectivity index (χ1n) is 13.1. The van der Waals surface area contributed by atoms with E-state index in [0.29, 0.717) is 0 Å². The number of benzene rings is 2. The van der Waals surface area contributed by atoms with Gasteiger partial charge in [0.05, 0.1) is 29.5 Å². The molecule has 0 saturated heterocycles. The first kappa shape index (κ1) is 36.4. The Morgan fingerprint density at radius 2 is 1.65 bits per heavy atom. The monoisotopic (exact) mass is 701 g/mol. The summed E-state index contributed by atoms with van der Waals surface area (Å²) in [6, 6.07) is 4.17. The normalized spacial score (nSPS) is 18.2. The number of hydrogen-bond acceptors (Lipinski definition) is 11. The molecular formula is C27H31N3O13S3. The van der Waals surface area contributed by atoms with Crippen LogP contribution in [-0.2, 0) is 41.5 Å². The molecule has 2 unspecified atom stereocenters. The van der Waals surface area contributed by atoms with Crippen LogP contribution in [0.15, 0.2) is 57.5 Å². The quantitative estimate of drug-likeness (QED) is 0.0772. The Hall–Kier alpha value is -4.11. The highest BCUT2D eigenvalue weighted by molar-refractivity contribution is 7.93. The van der Waals surface area contributed by atoms with Gasteiger partial charge in [-0.1, -0.05) is 31.7 Å². The topological polar surface area (TPSA) is 302 Å². The minimum absolute atomic E-state index is 0.0406. The number of aliphatic hydroxyl groups excluding tert-OH is 1. The van der Waals surface area contributed by atoms with Crippen molar-refractivity contribution in [3.8, 4) is 0 Å². The van der Waals surface area contributed by atoms with E-state index in [-0.39, 0.29) is 39.5 Å². The number of nitrogens with one attached hydrogen (secondary N) is 1. The SMILES string of the molecule is C=c1c(S(=O)(=O)O)c(N)cc/c1=C(/C1=CC(C)C(N)C(S(=O)(=O)NCCCS(=O)(=O)O)=C1O)c1cc(C(=O)O)ccc1CC(=O)O. The van der Waals surface area contributed by atoms with E-state index in [4.69, 9.17) is 16.0 Å². The van der Waals surface area contributed by atoms with Crippen molar-refractivity contribution in [2.45, 2.75) is 30.7 Å². The fraction of sp³-hybridized carbons (Fsp3) is 0.259. The van der Waals surface area contributed by atoms with Crippen molar-refractivity contribution in [1.82, 2.24) is 4.72 Å². The van der Waals surface area contributed by atoms with E-state index in [9.17, 15) is 54.7 Å². The highest BCUT2D eigenvalue weighted by atomic mass is 32.2. The molecule has 1 aliphatic rings. The lowest BCUT2D eigenvalue weighted by atomic mass is 9.82. The van der Waals surface area contributed by atoms with E-state index in [1.807, 2.05) is 0 Å². The van der Waals surface area contributed by atoms with Crippen molar-refractivity contribution < 1.29 is 59.3 Å². The number of nitrogens with two attached hydrogens (primary N) is 2. The van der Waals surface area contributed by atoms with Gasteiger partial charge in [0.1, 0.15) is 15.6 Å². The average Bonchev–Trinajstić information content (AvgIpc) is 2.90. The summed E-state index contributed by atoms with van der Waals surface area (Å²) in [6.07, 6.45) is 0.235. The van der Waals surface area contributed by atoms with Crippen LogP contribution in [0.1, 0.15) is 34.8 Å². The summed E-state index contributed by atoms with van der Waals surface area (Å²) < 4.78 is 94.5. The van der Waals surface area contributed by atoms with Gasteiger partial charge in [-0.2, -0.15) is 16.8 Å². The zero-order valence-electron chi connectivity index (χ0n) is 24.0. The van der Waals surface area contributed by atoms with Gasteiger partial charge in [-0.25, -0.2) is 17.9 Å². The van der Waals surface area contributed by atoms with E-state index >= 15 is 0 Å². The smallest absolute Gasteiger partial charge is 0.335 e. The predicted octanol–water partition coefficient (Wildman–Crippen LogP) is -0.680. The highest BCUT2D eigenvalue weighted by Gasteiger charge is 2.37. The Labute approximate surface area is 263 Å². The van der Waals surface area contributed by atoms with E-state index in [1.165, 1.54) is 25.1 Å². The van der Waals surface area contributed by atoms with Crippen LogP contribution in [0.25, 0.3) is 12.2 Å². The molecule has 250 valence electrons. The van der Waals surface area contributed by atoms with Crippen LogP contribution in [0, 0.1) is 5.92 Å². The zero-order valence-corrected chi connectivity index (χ0v) is 26.5. The average molecular weight is 702 g/mol. The van der Waals surface area contributed by atoms with Gasteiger partial charge in [-0.15, -0.1) is 0 Å². The number of sulfonamides is 1. The molecule has 19 heteroatoms. The third-order valence-electron chi connectivity index (χ3n) is 7.00. The van der Waals surface area contributed by atoms with Crippen LogP contribution < -0.4 is 26.6 Å². The Morgan fingerprint density at radius 1 is 1.02 bits per heavy atom. The summed E-state index contributed by atoms with van der Waals surface area (Å²) in [7, 11) is -14.2. The number of allylic oxidation sites excluding steroid dienone is 1. The molecule has 0 aliphatic heterocycles. The fourth-order valence-corrected chi connectivity index (χ4v) is 7.70. The molecule has 1 aliphatic carbocycles. The second-order valence-corrected chi connectivity index (χ2v) is 15.0. The third-order valence-corrected chi connectivity index (χ3v) is 10.4. The van der Waals surface area contributed by atoms with Gasteiger partial charge in [-0.05, 0) is 52.1 Å². The molecule has 0 heterocycles. The second-order valence-electron chi connectivity index (χ2n) is 10.3. The summed E-state index contributed by atoms with van der Waals surface area (Å²) >= 11 is 0. The molecule has 16 nitrogen and oxygen atoms in total. The number of aromatic carboxylic acids is 1. The number of aliphatic hydroxyl groups is 1. The molecule has 3 rings (SSSR count). The van der Waals surface area contributed by atoms with Gasteiger partial charge < -0.3 is 26.8 Å². The van der Waals surface area contributed by atoms with Crippen LogP contribution in [-0.4, -0.2) is 80.0 Å². The van der Waals surface area contributed by atoms with E-state index < -0.39 is 99.3 Å². The lowest BCUT2D eigenvalue weighted by molar-refractivity contribution is -0.136. The summed E-state index contributed by atoms with van der Waals surface area (Å²) in [5.74, 6) is -5.48. The summed E-state index contributed by atoms with van der Waals surface area (Å²) in [5, 5.41) is 30.2. The lowest BCUT2D eigenvalue weighted by Crippen LogP contribution is -2.42. The molecule has 0 amide bonds. The Morgan fingerprint density at radius 3 is 2.20 bits per heavy atom. The van der Waals surface area contributed by atoms with Crippen molar-refractivity contribution in [3.63, 3.8) is 0 Å².